The monoisotopic (exact) mass is 455 g/mol. The highest BCUT2D eigenvalue weighted by molar-refractivity contribution is 7.17. The number of benzene rings is 2. The molecule has 2 aromatic carbocycles. The molecule has 2 N–H and O–H groups in total. The van der Waals surface area contributed by atoms with Gasteiger partial charge in [0, 0.05) is 34.2 Å². The molecule has 0 spiro atoms. The Morgan fingerprint density at radius 3 is 2.74 bits per heavy atom. The molecule has 0 aliphatic rings. The van der Waals surface area contributed by atoms with Crippen LogP contribution in [0.15, 0.2) is 42.6 Å². The number of nitrogens with zero attached hydrogens (tertiary/aromatic N) is 1. The van der Waals surface area contributed by atoms with Gasteiger partial charge in [-0.25, -0.2) is 4.98 Å². The maximum atomic E-state index is 12.8. The molecular weight excluding hydrogens is 434 g/mol. The molecule has 31 heavy (non-hydrogen) atoms. The first kappa shape index (κ1) is 21.2. The van der Waals surface area contributed by atoms with Gasteiger partial charge >= 0.3 is 0 Å². The molecule has 0 atom stereocenters. The molecule has 4 rings (SSSR count). The maximum absolute atomic E-state index is 12.8. The Morgan fingerprint density at radius 1 is 1.16 bits per heavy atom. The summed E-state index contributed by atoms with van der Waals surface area (Å²) in [6.07, 6.45) is 2.66. The number of hydrogen-bond acceptors (Lipinski definition) is 5. The fourth-order valence-electron chi connectivity index (χ4n) is 3.45. The number of methoxy groups -OCH3 is 2. The Hall–Kier alpha value is -3.03. The smallest absolute Gasteiger partial charge is 0.263 e. The molecule has 0 unspecified atom stereocenters. The minimum Gasteiger partial charge on any atom is -0.493 e. The van der Waals surface area contributed by atoms with E-state index in [0.29, 0.717) is 40.1 Å². The zero-order valence-electron chi connectivity index (χ0n) is 17.4. The summed E-state index contributed by atoms with van der Waals surface area (Å²) in [6.45, 7) is 2.36. The van der Waals surface area contributed by atoms with Gasteiger partial charge in [-0.1, -0.05) is 11.6 Å². The topological polar surface area (TPSA) is 76.2 Å². The van der Waals surface area contributed by atoms with Crippen molar-refractivity contribution in [2.75, 3.05) is 20.8 Å². The average molecular weight is 456 g/mol. The first-order valence-corrected chi connectivity index (χ1v) is 10.9. The van der Waals surface area contributed by atoms with Gasteiger partial charge in [0.15, 0.2) is 11.5 Å². The number of thiazole rings is 1. The van der Waals surface area contributed by atoms with Crippen molar-refractivity contribution in [3.05, 3.63) is 63.8 Å². The summed E-state index contributed by atoms with van der Waals surface area (Å²) in [5.41, 5.74) is 3.72. The number of ether oxygens (including phenoxy) is 2. The standard InChI is InChI=1S/C23H22ClN3O3S/c1-13-21(31-23(27-13)14-4-7-19(29-2)20(10-14)30-3)22(28)25-9-8-15-12-26-18-6-5-16(24)11-17(15)18/h4-7,10-12,26H,8-9H2,1-3H3,(H,25,28). The third-order valence-corrected chi connectivity index (χ3v) is 6.48. The van der Waals surface area contributed by atoms with E-state index in [1.807, 2.05) is 49.5 Å². The zero-order valence-corrected chi connectivity index (χ0v) is 19.0. The van der Waals surface area contributed by atoms with Crippen LogP contribution in [-0.4, -0.2) is 36.6 Å². The van der Waals surface area contributed by atoms with E-state index in [2.05, 4.69) is 15.3 Å². The highest BCUT2D eigenvalue weighted by Crippen LogP contribution is 2.35. The summed E-state index contributed by atoms with van der Waals surface area (Å²) in [4.78, 5) is 21.2. The number of aryl methyl sites for hydroxylation is 1. The normalized spacial score (nSPS) is 11.0. The van der Waals surface area contributed by atoms with Gasteiger partial charge in [-0.3, -0.25) is 4.79 Å². The van der Waals surface area contributed by atoms with E-state index in [0.717, 1.165) is 27.0 Å². The third kappa shape index (κ3) is 4.38. The van der Waals surface area contributed by atoms with Crippen molar-refractivity contribution >= 4 is 39.7 Å². The van der Waals surface area contributed by atoms with E-state index in [-0.39, 0.29) is 5.91 Å². The van der Waals surface area contributed by atoms with Crippen molar-refractivity contribution in [2.24, 2.45) is 0 Å². The van der Waals surface area contributed by atoms with Gasteiger partial charge in [-0.15, -0.1) is 11.3 Å². The van der Waals surface area contributed by atoms with Crippen LogP contribution >= 0.6 is 22.9 Å². The lowest BCUT2D eigenvalue weighted by Crippen LogP contribution is -2.25. The molecule has 0 bridgehead atoms. The van der Waals surface area contributed by atoms with E-state index in [1.54, 1.807) is 14.2 Å². The summed E-state index contributed by atoms with van der Waals surface area (Å²) in [5, 5.41) is 5.53. The highest BCUT2D eigenvalue weighted by Gasteiger charge is 2.17. The Balaban J connectivity index is 1.46. The number of H-pyrrole nitrogens is 1. The number of carbonyl (C=O) groups is 1. The van der Waals surface area contributed by atoms with E-state index < -0.39 is 0 Å². The minimum atomic E-state index is -0.125. The molecule has 2 heterocycles. The summed E-state index contributed by atoms with van der Waals surface area (Å²) < 4.78 is 10.7. The molecule has 1 amide bonds. The number of carbonyl (C=O) groups excluding carboxylic acids is 1. The van der Waals surface area contributed by atoms with E-state index in [1.165, 1.54) is 11.3 Å². The number of aromatic nitrogens is 2. The SMILES string of the molecule is COc1ccc(-c2nc(C)c(C(=O)NCCc3c[nH]c4ccc(Cl)cc34)s2)cc1OC. The van der Waals surface area contributed by atoms with Crippen LogP contribution < -0.4 is 14.8 Å². The largest absolute Gasteiger partial charge is 0.493 e. The quantitative estimate of drug-likeness (QED) is 0.399. The molecule has 0 aliphatic carbocycles. The van der Waals surface area contributed by atoms with Crippen molar-refractivity contribution in [2.45, 2.75) is 13.3 Å². The second-order valence-electron chi connectivity index (χ2n) is 7.01. The van der Waals surface area contributed by atoms with Crippen molar-refractivity contribution in [3.63, 3.8) is 0 Å². The summed E-state index contributed by atoms with van der Waals surface area (Å²) in [5.74, 6) is 1.15. The molecule has 6 nitrogen and oxygen atoms in total. The molecule has 0 saturated heterocycles. The zero-order chi connectivity index (χ0) is 22.0. The molecule has 4 aromatic rings. The number of nitrogens with one attached hydrogen (secondary N) is 2. The molecule has 0 saturated carbocycles. The molecule has 0 aliphatic heterocycles. The van der Waals surface area contributed by atoms with Crippen LogP contribution in [0, 0.1) is 6.92 Å². The lowest BCUT2D eigenvalue weighted by atomic mass is 10.1. The van der Waals surface area contributed by atoms with Crippen LogP contribution in [0.1, 0.15) is 20.9 Å². The number of fused-ring (bicyclic) bond motifs is 1. The Morgan fingerprint density at radius 2 is 1.97 bits per heavy atom. The van der Waals surface area contributed by atoms with Crippen LogP contribution in [0.4, 0.5) is 0 Å². The second-order valence-corrected chi connectivity index (χ2v) is 8.45. The van der Waals surface area contributed by atoms with Crippen molar-refractivity contribution < 1.29 is 14.3 Å². The van der Waals surface area contributed by atoms with Gasteiger partial charge in [0.1, 0.15) is 9.88 Å². The highest BCUT2D eigenvalue weighted by atomic mass is 35.5. The fourth-order valence-corrected chi connectivity index (χ4v) is 4.60. The van der Waals surface area contributed by atoms with Crippen LogP contribution in [0.25, 0.3) is 21.5 Å². The van der Waals surface area contributed by atoms with E-state index in [4.69, 9.17) is 21.1 Å². The van der Waals surface area contributed by atoms with Crippen molar-refractivity contribution in [1.82, 2.24) is 15.3 Å². The van der Waals surface area contributed by atoms with Gasteiger partial charge in [0.25, 0.3) is 5.91 Å². The third-order valence-electron chi connectivity index (χ3n) is 5.04. The maximum Gasteiger partial charge on any atom is 0.263 e. The Kier molecular flexibility index (Phi) is 6.15. The first-order valence-electron chi connectivity index (χ1n) is 9.73. The molecule has 160 valence electrons. The Bertz CT molecular complexity index is 1250. The van der Waals surface area contributed by atoms with Crippen LogP contribution in [0.2, 0.25) is 5.02 Å². The first-order chi connectivity index (χ1) is 15.0. The predicted octanol–water partition coefficient (Wildman–Crippen LogP) is 5.24. The number of amides is 1. The average Bonchev–Trinajstić information content (AvgIpc) is 3.36. The number of rotatable bonds is 7. The molecule has 8 heteroatoms. The van der Waals surface area contributed by atoms with Crippen LogP contribution in [0.5, 0.6) is 11.5 Å². The number of hydrogen-bond donors (Lipinski definition) is 2. The van der Waals surface area contributed by atoms with Gasteiger partial charge in [-0.05, 0) is 55.3 Å². The van der Waals surface area contributed by atoms with E-state index >= 15 is 0 Å². The fraction of sp³-hybridized carbons (Fsp3) is 0.217. The minimum absolute atomic E-state index is 0.125. The molecule has 0 fully saturated rings. The van der Waals surface area contributed by atoms with Gasteiger partial charge in [0.05, 0.1) is 19.9 Å². The van der Waals surface area contributed by atoms with Gasteiger partial charge in [-0.2, -0.15) is 0 Å². The van der Waals surface area contributed by atoms with E-state index in [9.17, 15) is 4.79 Å². The molecule has 2 aromatic heterocycles. The Labute approximate surface area is 189 Å². The van der Waals surface area contributed by atoms with Gasteiger partial charge in [0.2, 0.25) is 0 Å². The van der Waals surface area contributed by atoms with Crippen LogP contribution in [0.3, 0.4) is 0 Å². The second kappa shape index (κ2) is 8.99. The molecule has 0 radical (unpaired) electrons. The molecular formula is C23H22ClN3O3S. The van der Waals surface area contributed by atoms with Crippen molar-refractivity contribution in [1.29, 1.82) is 0 Å². The predicted molar refractivity (Wildman–Crippen MR) is 125 cm³/mol. The lowest BCUT2D eigenvalue weighted by molar-refractivity contribution is 0.0957. The summed E-state index contributed by atoms with van der Waals surface area (Å²) in [6, 6.07) is 11.3. The summed E-state index contributed by atoms with van der Waals surface area (Å²) in [7, 11) is 3.19. The van der Waals surface area contributed by atoms with Crippen LogP contribution in [-0.2, 0) is 6.42 Å². The number of halogens is 1. The number of aromatic amines is 1. The van der Waals surface area contributed by atoms with Gasteiger partial charge < -0.3 is 19.8 Å². The summed E-state index contributed by atoms with van der Waals surface area (Å²) >= 11 is 7.48. The van der Waals surface area contributed by atoms with Crippen molar-refractivity contribution in [3.8, 4) is 22.1 Å². The lowest BCUT2D eigenvalue weighted by Gasteiger charge is -2.08.